The summed E-state index contributed by atoms with van der Waals surface area (Å²) < 4.78 is 0. The smallest absolute Gasteiger partial charge is 0.270 e. The second-order valence-electron chi connectivity index (χ2n) is 4.39. The Bertz CT molecular complexity index is 680. The van der Waals surface area contributed by atoms with Crippen molar-refractivity contribution < 1.29 is 10.0 Å². The molecular formula is C15H13N3O3. The third-order valence-electron chi connectivity index (χ3n) is 3.05. The summed E-state index contributed by atoms with van der Waals surface area (Å²) in [5.74, 6) is 0. The molecule has 6 nitrogen and oxygen atoms in total. The molecule has 2 rings (SSSR count). The summed E-state index contributed by atoms with van der Waals surface area (Å²) in [6.45, 7) is -0.161. The molecule has 0 bridgehead atoms. The molecule has 6 heteroatoms. The lowest BCUT2D eigenvalue weighted by Crippen LogP contribution is -2.15. The van der Waals surface area contributed by atoms with Gasteiger partial charge >= 0.3 is 0 Å². The number of anilines is 1. The van der Waals surface area contributed by atoms with Gasteiger partial charge in [-0.1, -0.05) is 30.3 Å². The molecule has 0 radical (unpaired) electrons. The van der Waals surface area contributed by atoms with Crippen LogP contribution >= 0.6 is 0 Å². The van der Waals surface area contributed by atoms with Crippen LogP contribution in [0.1, 0.15) is 17.2 Å². The van der Waals surface area contributed by atoms with Crippen LogP contribution < -0.4 is 5.32 Å². The number of rotatable bonds is 5. The molecule has 0 aromatic heterocycles. The van der Waals surface area contributed by atoms with Gasteiger partial charge in [-0.2, -0.15) is 5.26 Å². The molecule has 0 unspecified atom stereocenters. The minimum atomic E-state index is -0.550. The van der Waals surface area contributed by atoms with Crippen molar-refractivity contribution in [2.45, 2.75) is 6.04 Å². The zero-order chi connectivity index (χ0) is 15.2. The fraction of sp³-hybridized carbons (Fsp3) is 0.133. The third-order valence-corrected chi connectivity index (χ3v) is 3.05. The van der Waals surface area contributed by atoms with Gasteiger partial charge in [0, 0.05) is 12.1 Å². The van der Waals surface area contributed by atoms with Crippen LogP contribution in [0.4, 0.5) is 11.4 Å². The molecule has 0 aliphatic heterocycles. The molecule has 0 aliphatic carbocycles. The predicted octanol–water partition coefficient (Wildman–Crippen LogP) is 2.61. The molecule has 21 heavy (non-hydrogen) atoms. The summed E-state index contributed by atoms with van der Waals surface area (Å²) in [6, 6.07) is 14.8. The van der Waals surface area contributed by atoms with Crippen molar-refractivity contribution >= 4 is 11.4 Å². The molecule has 2 aromatic carbocycles. The molecule has 2 aromatic rings. The van der Waals surface area contributed by atoms with Crippen LogP contribution in [0.3, 0.4) is 0 Å². The molecule has 0 saturated carbocycles. The van der Waals surface area contributed by atoms with Crippen molar-refractivity contribution in [2.75, 3.05) is 11.9 Å². The Kier molecular flexibility index (Phi) is 4.49. The Morgan fingerprint density at radius 3 is 2.57 bits per heavy atom. The fourth-order valence-electron chi connectivity index (χ4n) is 1.97. The first-order valence-corrected chi connectivity index (χ1v) is 6.26. The summed E-state index contributed by atoms with van der Waals surface area (Å²) in [6.07, 6.45) is 0. The summed E-state index contributed by atoms with van der Waals surface area (Å²) in [7, 11) is 0. The molecule has 0 fully saturated rings. The Morgan fingerprint density at radius 1 is 1.29 bits per heavy atom. The molecule has 2 N–H and O–H groups in total. The van der Waals surface area contributed by atoms with Crippen LogP contribution in [0, 0.1) is 21.4 Å². The van der Waals surface area contributed by atoms with Gasteiger partial charge in [-0.05, 0) is 11.6 Å². The zero-order valence-corrected chi connectivity index (χ0v) is 11.1. The standard InChI is InChI=1S/C15H13N3O3/c16-9-12-8-13(18(20)21)6-7-14(12)17-15(10-19)11-4-2-1-3-5-11/h1-8,15,17,19H,10H2/t15-/m0/s1. The number of nitro benzene ring substituents is 1. The first-order chi connectivity index (χ1) is 10.2. The highest BCUT2D eigenvalue weighted by Crippen LogP contribution is 2.25. The molecule has 0 spiro atoms. The minimum Gasteiger partial charge on any atom is -0.394 e. The summed E-state index contributed by atoms with van der Waals surface area (Å²) in [5.41, 5.74) is 1.34. The Hall–Kier alpha value is -2.91. The monoisotopic (exact) mass is 283 g/mol. The van der Waals surface area contributed by atoms with E-state index in [9.17, 15) is 15.2 Å². The normalized spacial score (nSPS) is 11.4. The van der Waals surface area contributed by atoms with E-state index in [0.29, 0.717) is 5.69 Å². The first-order valence-electron chi connectivity index (χ1n) is 6.26. The average molecular weight is 283 g/mol. The average Bonchev–Trinajstić information content (AvgIpc) is 2.53. The van der Waals surface area contributed by atoms with Crippen molar-refractivity contribution in [2.24, 2.45) is 0 Å². The van der Waals surface area contributed by atoms with Gasteiger partial charge in [0.05, 0.1) is 28.8 Å². The lowest BCUT2D eigenvalue weighted by Gasteiger charge is -2.18. The van der Waals surface area contributed by atoms with E-state index >= 15 is 0 Å². The molecule has 0 aliphatic rings. The van der Waals surface area contributed by atoms with Gasteiger partial charge in [-0.15, -0.1) is 0 Å². The van der Waals surface area contributed by atoms with Gasteiger partial charge in [0.1, 0.15) is 6.07 Å². The maximum Gasteiger partial charge on any atom is 0.270 e. The van der Waals surface area contributed by atoms with Gasteiger partial charge in [0.2, 0.25) is 0 Å². The first kappa shape index (κ1) is 14.5. The van der Waals surface area contributed by atoms with Crippen molar-refractivity contribution in [3.63, 3.8) is 0 Å². The number of aliphatic hydroxyl groups is 1. The summed E-state index contributed by atoms with van der Waals surface area (Å²) in [5, 5.41) is 32.4. The summed E-state index contributed by atoms with van der Waals surface area (Å²) in [4.78, 5) is 10.2. The number of nitriles is 1. The van der Waals surface area contributed by atoms with E-state index in [2.05, 4.69) is 5.32 Å². The Morgan fingerprint density at radius 2 is 2.00 bits per heavy atom. The van der Waals surface area contributed by atoms with Gasteiger partial charge in [0.25, 0.3) is 5.69 Å². The van der Waals surface area contributed by atoms with E-state index in [1.165, 1.54) is 18.2 Å². The number of nitro groups is 1. The van der Waals surface area contributed by atoms with E-state index < -0.39 is 4.92 Å². The van der Waals surface area contributed by atoms with E-state index in [1.54, 1.807) is 0 Å². The predicted molar refractivity (Wildman–Crippen MR) is 77.7 cm³/mol. The van der Waals surface area contributed by atoms with Crippen LogP contribution in [0.5, 0.6) is 0 Å². The van der Waals surface area contributed by atoms with Crippen LogP contribution in [-0.4, -0.2) is 16.6 Å². The molecule has 0 saturated heterocycles. The number of non-ortho nitro benzene ring substituents is 1. The number of nitrogens with one attached hydrogen (secondary N) is 1. The Labute approximate surface area is 121 Å². The maximum atomic E-state index is 10.7. The number of hydrogen-bond donors (Lipinski definition) is 2. The van der Waals surface area contributed by atoms with Crippen LogP contribution in [0.2, 0.25) is 0 Å². The van der Waals surface area contributed by atoms with E-state index in [4.69, 9.17) is 5.26 Å². The second-order valence-corrected chi connectivity index (χ2v) is 4.39. The van der Waals surface area contributed by atoms with Gasteiger partial charge < -0.3 is 10.4 Å². The highest BCUT2D eigenvalue weighted by Gasteiger charge is 2.15. The minimum absolute atomic E-state index is 0.141. The van der Waals surface area contributed by atoms with Gasteiger partial charge in [0.15, 0.2) is 0 Å². The van der Waals surface area contributed by atoms with Crippen LogP contribution in [-0.2, 0) is 0 Å². The largest absolute Gasteiger partial charge is 0.394 e. The second kappa shape index (κ2) is 6.50. The van der Waals surface area contributed by atoms with Crippen molar-refractivity contribution in [1.29, 1.82) is 5.26 Å². The lowest BCUT2D eigenvalue weighted by atomic mass is 10.1. The quantitative estimate of drug-likeness (QED) is 0.649. The van der Waals surface area contributed by atoms with Crippen LogP contribution in [0.15, 0.2) is 48.5 Å². The van der Waals surface area contributed by atoms with E-state index in [-0.39, 0.29) is 23.9 Å². The van der Waals surface area contributed by atoms with E-state index in [1.807, 2.05) is 36.4 Å². The van der Waals surface area contributed by atoms with Crippen molar-refractivity contribution in [1.82, 2.24) is 0 Å². The number of aliphatic hydroxyl groups excluding tert-OH is 1. The fourth-order valence-corrected chi connectivity index (χ4v) is 1.97. The van der Waals surface area contributed by atoms with Crippen molar-refractivity contribution in [3.8, 4) is 6.07 Å². The maximum absolute atomic E-state index is 10.7. The molecule has 1 atom stereocenters. The number of nitrogens with zero attached hydrogens (tertiary/aromatic N) is 2. The molecule has 0 amide bonds. The SMILES string of the molecule is N#Cc1cc([N+](=O)[O-])ccc1N[C@@H](CO)c1ccccc1. The summed E-state index contributed by atoms with van der Waals surface area (Å²) >= 11 is 0. The highest BCUT2D eigenvalue weighted by molar-refractivity contribution is 5.62. The third kappa shape index (κ3) is 3.35. The molecular weight excluding hydrogens is 270 g/mol. The number of benzene rings is 2. The van der Waals surface area contributed by atoms with E-state index in [0.717, 1.165) is 5.56 Å². The lowest BCUT2D eigenvalue weighted by molar-refractivity contribution is -0.384. The molecule has 0 heterocycles. The zero-order valence-electron chi connectivity index (χ0n) is 11.1. The van der Waals surface area contributed by atoms with Crippen LogP contribution in [0.25, 0.3) is 0 Å². The highest BCUT2D eigenvalue weighted by atomic mass is 16.6. The van der Waals surface area contributed by atoms with Crippen molar-refractivity contribution in [3.05, 3.63) is 69.8 Å². The Balaban J connectivity index is 2.30. The topological polar surface area (TPSA) is 99.2 Å². The number of hydrogen-bond acceptors (Lipinski definition) is 5. The molecule has 106 valence electrons. The van der Waals surface area contributed by atoms with Gasteiger partial charge in [-0.25, -0.2) is 0 Å². The van der Waals surface area contributed by atoms with Gasteiger partial charge in [-0.3, -0.25) is 10.1 Å².